The third kappa shape index (κ3) is 6.08. The van der Waals surface area contributed by atoms with Gasteiger partial charge in [0.2, 0.25) is 0 Å². The molecule has 0 aliphatic heterocycles. The fourth-order valence-electron chi connectivity index (χ4n) is 22.2. The molecule has 470 valence electrons. The minimum Gasteiger partial charge on any atom is -0.308 e. The Morgan fingerprint density at radius 1 is 0.176 bits per heavy atom. The topological polar surface area (TPSA) is 77.1 Å². The van der Waals surface area contributed by atoms with Crippen LogP contribution in [0, 0.1) is 0 Å². The van der Waals surface area contributed by atoms with Crippen molar-refractivity contribution >= 4 is 99.3 Å². The smallest absolute Gasteiger partial charge is 0.175 e. The SMILES string of the molecule is O=C1c2cc3c(cc2C2c4ccccc4C1c1ccccc12)c1cc(-c2cc4c5cc6c(cc5n5c7cc8c(cc7c(c2)c45)C2c4ccccc4C(C8=O)c4ccccc42)C(=O)C2c4ccccc4C6c4ccccc42)cc2c4cc5c(cc4n3c12)C(=O)C1c2ccccc2C5c2ccccc21. The van der Waals surface area contributed by atoms with E-state index in [1.807, 2.05) is 0 Å². The van der Waals surface area contributed by atoms with Gasteiger partial charge >= 0.3 is 0 Å². The lowest BCUT2D eigenvalue weighted by molar-refractivity contribution is 0.0966. The van der Waals surface area contributed by atoms with Gasteiger partial charge in [0, 0.05) is 89.0 Å². The number of nitrogens with zero attached hydrogens (tertiary/aromatic N) is 2. The van der Waals surface area contributed by atoms with Crippen LogP contribution in [0.1, 0.15) is 200 Å². The van der Waals surface area contributed by atoms with E-state index < -0.39 is 23.7 Å². The lowest BCUT2D eigenvalue weighted by Crippen LogP contribution is -2.19. The number of carbonyl (C=O) groups is 4. The average molecular weight is 1300 g/mol. The molecule has 0 saturated carbocycles. The van der Waals surface area contributed by atoms with Gasteiger partial charge in [0.25, 0.3) is 0 Å². The summed E-state index contributed by atoms with van der Waals surface area (Å²) in [7, 11) is 0. The molecule has 0 atom stereocenters. The number of benzene rings is 14. The van der Waals surface area contributed by atoms with Crippen molar-refractivity contribution in [2.45, 2.75) is 47.3 Å². The number of Topliss-reactive ketones (excluding diaryl/α,β-unsaturated/α-hetero) is 4. The van der Waals surface area contributed by atoms with E-state index in [1.165, 1.54) is 44.5 Å². The molecule has 4 heterocycles. The average Bonchev–Trinajstić information content (AvgIpc) is 1.52. The first-order chi connectivity index (χ1) is 50.3. The van der Waals surface area contributed by atoms with Gasteiger partial charge in [-0.3, -0.25) is 19.2 Å². The van der Waals surface area contributed by atoms with Crippen molar-refractivity contribution < 1.29 is 19.2 Å². The zero-order chi connectivity index (χ0) is 66.3. The summed E-state index contributed by atoms with van der Waals surface area (Å²) in [5, 5.41) is 8.45. The van der Waals surface area contributed by atoms with Crippen LogP contribution in [0.15, 0.2) is 267 Å². The molecule has 8 bridgehead atoms. The highest BCUT2D eigenvalue weighted by Crippen LogP contribution is 2.60. The standard InChI is InChI=1S/C96H52N2O4/c99-93-75-41-79-63(37-67(75)83-47-17-1-9-25-55(47)87(93)56-26-10-2-18-48(56)83)71-33-45(34-72-64-38-68-76(42-80(64)97(79)91(71)72)94(100)88-57-27-11-3-19-49(57)84(68)50-20-4-12-28-58(50)88)46-35-73-65-39-69-77(95(101)89-59-29-13-5-21-51(59)85(69)52-22-6-14-30-60(52)89)43-81(65)98-82-44-78-70(40-66(82)74(36-46)92(73)98)86-53-23-7-15-31-61(53)90(96(78)102)62-32-16-8-24-54(62)86/h1-44,83-90H. The van der Waals surface area contributed by atoms with Crippen LogP contribution in [0.5, 0.6) is 0 Å². The summed E-state index contributed by atoms with van der Waals surface area (Å²) in [5.74, 6) is -2.08. The Kier molecular flexibility index (Phi) is 9.43. The monoisotopic (exact) mass is 1300 g/mol. The number of hydrogen-bond donors (Lipinski definition) is 0. The van der Waals surface area contributed by atoms with Gasteiger partial charge in [0.1, 0.15) is 0 Å². The Morgan fingerprint density at radius 2 is 0.343 bits per heavy atom. The van der Waals surface area contributed by atoms with E-state index in [0.29, 0.717) is 0 Å². The number of aromatic nitrogens is 2. The number of carbonyl (C=O) groups excluding carboxylic acids is 4. The van der Waals surface area contributed by atoms with Crippen LogP contribution in [0.3, 0.4) is 0 Å². The summed E-state index contributed by atoms with van der Waals surface area (Å²) in [4.78, 5) is 63.6. The third-order valence-electron chi connectivity index (χ3n) is 26.1. The Labute approximate surface area is 582 Å². The summed E-state index contributed by atoms with van der Waals surface area (Å²) >= 11 is 0. The zero-order valence-corrected chi connectivity index (χ0v) is 54.5. The van der Waals surface area contributed by atoms with E-state index in [2.05, 4.69) is 276 Å². The highest BCUT2D eigenvalue weighted by molar-refractivity contribution is 6.30. The summed E-state index contributed by atoms with van der Waals surface area (Å²) in [6, 6.07) is 96.5. The number of hydrogen-bond acceptors (Lipinski definition) is 4. The van der Waals surface area contributed by atoms with Crippen LogP contribution in [-0.2, 0) is 0 Å². The predicted molar refractivity (Wildman–Crippen MR) is 401 cm³/mol. The van der Waals surface area contributed by atoms with Gasteiger partial charge in [0.05, 0.1) is 56.8 Å². The first-order valence-corrected chi connectivity index (χ1v) is 35.9. The normalized spacial score (nSPS) is 20.8. The molecule has 102 heavy (non-hydrogen) atoms. The summed E-state index contributed by atoms with van der Waals surface area (Å²) in [5.41, 5.74) is 32.8. The number of ketones is 4. The van der Waals surface area contributed by atoms with Gasteiger partial charge in [-0.05, 0) is 195 Å². The lowest BCUT2D eigenvalue weighted by atomic mass is 9.72. The molecule has 12 aliphatic rings. The van der Waals surface area contributed by atoms with Crippen molar-refractivity contribution in [3.05, 3.63) is 400 Å². The molecule has 18 aromatic rings. The van der Waals surface area contributed by atoms with Gasteiger partial charge in [-0.1, -0.05) is 194 Å². The summed E-state index contributed by atoms with van der Waals surface area (Å²) < 4.78 is 4.78. The minimum absolute atomic E-state index is 0.101. The van der Waals surface area contributed by atoms with Crippen LogP contribution in [0.2, 0.25) is 0 Å². The van der Waals surface area contributed by atoms with Crippen LogP contribution in [0.25, 0.3) is 87.3 Å². The first-order valence-electron chi connectivity index (χ1n) is 35.9. The molecule has 30 rings (SSSR count). The number of rotatable bonds is 1. The van der Waals surface area contributed by atoms with Gasteiger partial charge < -0.3 is 8.80 Å². The van der Waals surface area contributed by atoms with E-state index in [0.717, 1.165) is 176 Å². The maximum Gasteiger partial charge on any atom is 0.175 e. The second kappa shape index (κ2) is 18.0. The molecule has 6 nitrogen and oxygen atoms in total. The molecule has 0 fully saturated rings. The van der Waals surface area contributed by atoms with Crippen molar-refractivity contribution in [3.63, 3.8) is 0 Å². The van der Waals surface area contributed by atoms with Crippen molar-refractivity contribution in [2.75, 3.05) is 0 Å². The Balaban J connectivity index is 0.796. The van der Waals surface area contributed by atoms with E-state index in [1.54, 1.807) is 0 Å². The van der Waals surface area contributed by atoms with E-state index >= 15 is 19.2 Å². The Morgan fingerprint density at radius 3 is 0.520 bits per heavy atom. The number of fused-ring (bicyclic) bond motifs is 12. The minimum atomic E-state index is -0.450. The predicted octanol–water partition coefficient (Wildman–Crippen LogP) is 20.9. The molecular formula is C96H52N2O4. The van der Waals surface area contributed by atoms with E-state index in [-0.39, 0.29) is 46.8 Å². The molecule has 0 N–H and O–H groups in total. The van der Waals surface area contributed by atoms with E-state index in [9.17, 15) is 0 Å². The fraction of sp³-hybridized carbons (Fsp3) is 0.0833. The first kappa shape index (κ1) is 53.3. The maximum absolute atomic E-state index is 15.9. The van der Waals surface area contributed by atoms with Crippen molar-refractivity contribution in [3.8, 4) is 11.1 Å². The van der Waals surface area contributed by atoms with Crippen LogP contribution >= 0.6 is 0 Å². The molecule has 12 aliphatic carbocycles. The summed E-state index contributed by atoms with van der Waals surface area (Å²) in [6.07, 6.45) is 0. The molecule has 0 saturated heterocycles. The molecule has 4 aromatic heterocycles. The van der Waals surface area contributed by atoms with Gasteiger partial charge in [-0.25, -0.2) is 0 Å². The van der Waals surface area contributed by atoms with Crippen molar-refractivity contribution in [1.82, 2.24) is 8.80 Å². The second-order valence-electron chi connectivity index (χ2n) is 30.3. The molecule has 0 radical (unpaired) electrons. The molecular weight excluding hydrogens is 1250 g/mol. The summed E-state index contributed by atoms with van der Waals surface area (Å²) in [6.45, 7) is 0. The van der Waals surface area contributed by atoms with Crippen LogP contribution < -0.4 is 0 Å². The van der Waals surface area contributed by atoms with E-state index in [4.69, 9.17) is 0 Å². The lowest BCUT2D eigenvalue weighted by Gasteiger charge is -2.30. The zero-order valence-electron chi connectivity index (χ0n) is 54.5. The van der Waals surface area contributed by atoms with Crippen LogP contribution in [0.4, 0.5) is 0 Å². The van der Waals surface area contributed by atoms with Crippen molar-refractivity contribution in [1.29, 1.82) is 0 Å². The van der Waals surface area contributed by atoms with Gasteiger partial charge in [0.15, 0.2) is 23.1 Å². The molecule has 0 unspecified atom stereocenters. The fourth-order valence-corrected chi connectivity index (χ4v) is 22.2. The Bertz CT molecular complexity index is 6140. The van der Waals surface area contributed by atoms with Gasteiger partial charge in [-0.15, -0.1) is 0 Å². The third-order valence-corrected chi connectivity index (χ3v) is 26.1. The maximum atomic E-state index is 15.9. The van der Waals surface area contributed by atoms with Gasteiger partial charge in [-0.2, -0.15) is 0 Å². The molecule has 6 heteroatoms. The molecule has 0 spiro atoms. The Hall–Kier alpha value is -12.6. The highest BCUT2D eigenvalue weighted by atomic mass is 16.1. The quantitative estimate of drug-likeness (QED) is 0.164. The molecule has 0 amide bonds. The van der Waals surface area contributed by atoms with Crippen molar-refractivity contribution in [2.24, 2.45) is 0 Å². The highest BCUT2D eigenvalue weighted by Gasteiger charge is 2.48. The second-order valence-corrected chi connectivity index (χ2v) is 30.3. The molecule has 14 aromatic carbocycles. The van der Waals surface area contributed by atoms with Crippen LogP contribution in [-0.4, -0.2) is 31.9 Å². The largest absolute Gasteiger partial charge is 0.308 e.